The van der Waals surface area contributed by atoms with Gasteiger partial charge in [0.25, 0.3) is 5.91 Å². The molecule has 4 nitrogen and oxygen atoms in total. The zero-order chi connectivity index (χ0) is 14.2. The topological polar surface area (TPSA) is 59.5 Å². The maximum Gasteiger partial charge on any atom is 0.289 e. The van der Waals surface area contributed by atoms with E-state index < -0.39 is 0 Å². The van der Waals surface area contributed by atoms with E-state index in [1.807, 2.05) is 32.9 Å². The summed E-state index contributed by atoms with van der Waals surface area (Å²) in [4.78, 5) is 13.9. The van der Waals surface area contributed by atoms with Crippen LogP contribution in [0, 0.1) is 13.8 Å². The summed E-state index contributed by atoms with van der Waals surface area (Å²) in [5.41, 5.74) is 8.68. The number of fused-ring (bicyclic) bond motifs is 1. The van der Waals surface area contributed by atoms with Gasteiger partial charge in [0.15, 0.2) is 5.76 Å². The Morgan fingerprint density at radius 1 is 1.32 bits per heavy atom. The lowest BCUT2D eigenvalue weighted by Crippen LogP contribution is -2.39. The number of hydrogen-bond donors (Lipinski definition) is 1. The SMILES string of the molecule is Cc1cc2cc(C(=O)N(C)C(C)CN)oc2cc1C. The fourth-order valence-corrected chi connectivity index (χ4v) is 1.94. The smallest absolute Gasteiger partial charge is 0.289 e. The summed E-state index contributed by atoms with van der Waals surface area (Å²) in [7, 11) is 1.74. The van der Waals surface area contributed by atoms with E-state index in [2.05, 4.69) is 0 Å². The van der Waals surface area contributed by atoms with Crippen molar-refractivity contribution in [1.82, 2.24) is 4.90 Å². The number of nitrogens with two attached hydrogens (primary N) is 1. The highest BCUT2D eigenvalue weighted by molar-refractivity contribution is 5.96. The first-order valence-corrected chi connectivity index (χ1v) is 6.42. The van der Waals surface area contributed by atoms with E-state index in [0.717, 1.165) is 16.5 Å². The molecule has 1 amide bonds. The second-order valence-corrected chi connectivity index (χ2v) is 5.09. The highest BCUT2D eigenvalue weighted by Gasteiger charge is 2.20. The summed E-state index contributed by atoms with van der Waals surface area (Å²) in [6, 6.07) is 5.79. The molecule has 1 heterocycles. The van der Waals surface area contributed by atoms with Gasteiger partial charge in [-0.3, -0.25) is 4.79 Å². The van der Waals surface area contributed by atoms with Gasteiger partial charge in [-0.15, -0.1) is 0 Å². The van der Waals surface area contributed by atoms with Gasteiger partial charge in [-0.2, -0.15) is 0 Å². The van der Waals surface area contributed by atoms with Crippen molar-refractivity contribution in [3.8, 4) is 0 Å². The summed E-state index contributed by atoms with van der Waals surface area (Å²) in [6.07, 6.45) is 0. The van der Waals surface area contributed by atoms with Crippen LogP contribution in [0.2, 0.25) is 0 Å². The van der Waals surface area contributed by atoms with Crippen molar-refractivity contribution in [3.63, 3.8) is 0 Å². The zero-order valence-electron chi connectivity index (χ0n) is 11.9. The lowest BCUT2D eigenvalue weighted by molar-refractivity contribution is 0.0718. The largest absolute Gasteiger partial charge is 0.451 e. The number of benzene rings is 1. The van der Waals surface area contributed by atoms with Gasteiger partial charge in [-0.05, 0) is 50.1 Å². The first-order valence-electron chi connectivity index (χ1n) is 6.42. The number of carbonyl (C=O) groups is 1. The third-order valence-corrected chi connectivity index (χ3v) is 3.67. The van der Waals surface area contributed by atoms with E-state index in [-0.39, 0.29) is 11.9 Å². The van der Waals surface area contributed by atoms with Crippen molar-refractivity contribution in [2.45, 2.75) is 26.8 Å². The van der Waals surface area contributed by atoms with Crippen LogP contribution in [0.25, 0.3) is 11.0 Å². The van der Waals surface area contributed by atoms with Crippen molar-refractivity contribution in [1.29, 1.82) is 0 Å². The first-order chi connectivity index (χ1) is 8.93. The molecule has 4 heteroatoms. The van der Waals surface area contributed by atoms with Crippen LogP contribution in [0.1, 0.15) is 28.6 Å². The van der Waals surface area contributed by atoms with Crippen molar-refractivity contribution in [3.05, 3.63) is 35.1 Å². The van der Waals surface area contributed by atoms with Crippen LogP contribution in [-0.4, -0.2) is 30.4 Å². The minimum absolute atomic E-state index is 0.0100. The Labute approximate surface area is 113 Å². The van der Waals surface area contributed by atoms with Crippen molar-refractivity contribution >= 4 is 16.9 Å². The standard InChI is InChI=1S/C15H20N2O2/c1-9-5-12-7-14(19-13(12)6-10(9)2)15(18)17(4)11(3)8-16/h5-7,11H,8,16H2,1-4H3. The molecule has 2 N–H and O–H groups in total. The normalized spacial score (nSPS) is 12.7. The summed E-state index contributed by atoms with van der Waals surface area (Å²) in [5, 5.41) is 0.959. The monoisotopic (exact) mass is 260 g/mol. The summed E-state index contributed by atoms with van der Waals surface area (Å²) < 4.78 is 5.65. The highest BCUT2D eigenvalue weighted by atomic mass is 16.3. The Kier molecular flexibility index (Phi) is 3.62. The van der Waals surface area contributed by atoms with Crippen LogP contribution in [0.5, 0.6) is 0 Å². The molecule has 102 valence electrons. The molecule has 2 rings (SSSR count). The molecule has 0 bridgehead atoms. The van der Waals surface area contributed by atoms with Crippen LogP contribution >= 0.6 is 0 Å². The lowest BCUT2D eigenvalue weighted by Gasteiger charge is -2.22. The number of furan rings is 1. The minimum atomic E-state index is -0.135. The van der Waals surface area contributed by atoms with Crippen LogP contribution in [0.4, 0.5) is 0 Å². The molecular weight excluding hydrogens is 240 g/mol. The third-order valence-electron chi connectivity index (χ3n) is 3.67. The molecular formula is C15H20N2O2. The molecule has 0 radical (unpaired) electrons. The van der Waals surface area contributed by atoms with E-state index in [4.69, 9.17) is 10.2 Å². The second kappa shape index (κ2) is 5.05. The van der Waals surface area contributed by atoms with Gasteiger partial charge >= 0.3 is 0 Å². The maximum absolute atomic E-state index is 12.3. The molecule has 1 aromatic heterocycles. The molecule has 0 saturated carbocycles. The molecule has 0 aliphatic heterocycles. The Morgan fingerprint density at radius 3 is 2.58 bits per heavy atom. The average Bonchev–Trinajstić information content (AvgIpc) is 2.79. The van der Waals surface area contributed by atoms with E-state index in [1.165, 1.54) is 5.56 Å². The number of carbonyl (C=O) groups excluding carboxylic acids is 1. The van der Waals surface area contributed by atoms with Gasteiger partial charge < -0.3 is 15.1 Å². The molecule has 2 aromatic rings. The minimum Gasteiger partial charge on any atom is -0.451 e. The fourth-order valence-electron chi connectivity index (χ4n) is 1.94. The maximum atomic E-state index is 12.3. The third kappa shape index (κ3) is 2.49. The molecule has 19 heavy (non-hydrogen) atoms. The number of likely N-dealkylation sites (N-methyl/N-ethyl adjacent to an activating group) is 1. The van der Waals surface area contributed by atoms with Gasteiger partial charge in [0.2, 0.25) is 0 Å². The van der Waals surface area contributed by atoms with Crippen molar-refractivity contribution in [2.75, 3.05) is 13.6 Å². The van der Waals surface area contributed by atoms with Gasteiger partial charge in [0.1, 0.15) is 5.58 Å². The molecule has 1 aromatic carbocycles. The van der Waals surface area contributed by atoms with E-state index in [1.54, 1.807) is 18.0 Å². The molecule has 0 aliphatic carbocycles. The molecule has 0 fully saturated rings. The Morgan fingerprint density at radius 2 is 1.95 bits per heavy atom. The van der Waals surface area contributed by atoms with Gasteiger partial charge in [0.05, 0.1) is 0 Å². The zero-order valence-corrected chi connectivity index (χ0v) is 11.9. The molecule has 1 unspecified atom stereocenters. The van der Waals surface area contributed by atoms with Crippen LogP contribution in [-0.2, 0) is 0 Å². The number of aryl methyl sites for hydroxylation is 2. The van der Waals surface area contributed by atoms with E-state index >= 15 is 0 Å². The molecule has 0 saturated heterocycles. The van der Waals surface area contributed by atoms with Crippen LogP contribution in [0.3, 0.4) is 0 Å². The number of rotatable bonds is 3. The predicted octanol–water partition coefficient (Wildman–Crippen LogP) is 2.47. The summed E-state index contributed by atoms with van der Waals surface area (Å²) >= 11 is 0. The van der Waals surface area contributed by atoms with E-state index in [0.29, 0.717) is 12.3 Å². The Bertz CT molecular complexity index is 577. The Hall–Kier alpha value is -1.81. The lowest BCUT2D eigenvalue weighted by atomic mass is 10.1. The first kappa shape index (κ1) is 13.6. The quantitative estimate of drug-likeness (QED) is 0.922. The van der Waals surface area contributed by atoms with Crippen LogP contribution in [0.15, 0.2) is 22.6 Å². The van der Waals surface area contributed by atoms with Crippen molar-refractivity contribution in [2.24, 2.45) is 5.73 Å². The van der Waals surface area contributed by atoms with Crippen LogP contribution < -0.4 is 5.73 Å². The van der Waals surface area contributed by atoms with Crippen molar-refractivity contribution < 1.29 is 9.21 Å². The molecule has 1 atom stereocenters. The highest BCUT2D eigenvalue weighted by Crippen LogP contribution is 2.24. The number of amides is 1. The molecule has 0 aliphatic rings. The summed E-state index contributed by atoms with van der Waals surface area (Å²) in [5.74, 6) is 0.229. The second-order valence-electron chi connectivity index (χ2n) is 5.09. The fraction of sp³-hybridized carbons (Fsp3) is 0.400. The van der Waals surface area contributed by atoms with Gasteiger partial charge in [0, 0.05) is 25.0 Å². The van der Waals surface area contributed by atoms with E-state index in [9.17, 15) is 4.79 Å². The van der Waals surface area contributed by atoms with Gasteiger partial charge in [-0.1, -0.05) is 0 Å². The molecule has 0 spiro atoms. The predicted molar refractivity (Wildman–Crippen MR) is 76.3 cm³/mol. The Balaban J connectivity index is 2.38. The number of nitrogens with zero attached hydrogens (tertiary/aromatic N) is 1. The number of hydrogen-bond acceptors (Lipinski definition) is 3. The van der Waals surface area contributed by atoms with Gasteiger partial charge in [-0.25, -0.2) is 0 Å². The average molecular weight is 260 g/mol. The summed E-state index contributed by atoms with van der Waals surface area (Å²) in [6.45, 7) is 6.42.